The molecule has 1 aromatic heterocycles. The quantitative estimate of drug-likeness (QED) is 0.669. The first-order chi connectivity index (χ1) is 8.38. The van der Waals surface area contributed by atoms with Crippen LogP contribution in [0.4, 0.5) is 0 Å². The van der Waals surface area contributed by atoms with Gasteiger partial charge in [-0.15, -0.1) is 0 Å². The zero-order valence-corrected chi connectivity index (χ0v) is 10.7. The van der Waals surface area contributed by atoms with Gasteiger partial charge in [-0.25, -0.2) is 13.1 Å². The van der Waals surface area contributed by atoms with Crippen molar-refractivity contribution in [2.45, 2.75) is 30.6 Å². The van der Waals surface area contributed by atoms with Crippen molar-refractivity contribution >= 4 is 10.0 Å². The molecule has 3 N–H and O–H groups in total. The van der Waals surface area contributed by atoms with E-state index in [0.717, 1.165) is 11.8 Å². The Kier molecular flexibility index (Phi) is 3.67. The highest BCUT2D eigenvalue weighted by Crippen LogP contribution is 2.35. The Bertz CT molecular complexity index is 505. The summed E-state index contributed by atoms with van der Waals surface area (Å²) >= 11 is 0. The molecule has 0 unspecified atom stereocenters. The topological polar surface area (TPSA) is 99.5 Å². The molecule has 1 fully saturated rings. The average molecular weight is 272 g/mol. The Morgan fingerprint density at radius 2 is 2.17 bits per heavy atom. The summed E-state index contributed by atoms with van der Waals surface area (Å²) in [5, 5.41) is 19.5. The minimum absolute atomic E-state index is 0.279. The molecule has 0 aromatic carbocycles. The Morgan fingerprint density at radius 3 is 2.72 bits per heavy atom. The Morgan fingerprint density at radius 1 is 1.44 bits per heavy atom. The lowest BCUT2D eigenvalue weighted by Gasteiger charge is -2.22. The van der Waals surface area contributed by atoms with Crippen LogP contribution in [0.25, 0.3) is 0 Å². The molecule has 0 radical (unpaired) electrons. The number of nitrogens with zero attached hydrogens (tertiary/aromatic N) is 1. The first-order valence-corrected chi connectivity index (χ1v) is 7.51. The summed E-state index contributed by atoms with van der Waals surface area (Å²) in [5.41, 5.74) is 0.800. The predicted molar refractivity (Wildman–Crippen MR) is 65.4 cm³/mol. The van der Waals surface area contributed by atoms with Crippen molar-refractivity contribution < 1.29 is 18.6 Å². The van der Waals surface area contributed by atoms with Gasteiger partial charge in [-0.1, -0.05) is 6.07 Å². The van der Waals surface area contributed by atoms with Crippen molar-refractivity contribution in [3.8, 4) is 0 Å². The maximum Gasteiger partial charge on any atom is 0.209 e. The summed E-state index contributed by atoms with van der Waals surface area (Å²) in [4.78, 5) is 3.97. The fourth-order valence-corrected chi connectivity index (χ4v) is 3.16. The lowest BCUT2D eigenvalue weighted by atomic mass is 9.96. The molecule has 6 nitrogen and oxygen atoms in total. The lowest BCUT2D eigenvalue weighted by molar-refractivity contribution is 0.0338. The van der Waals surface area contributed by atoms with Gasteiger partial charge < -0.3 is 10.2 Å². The molecule has 1 heterocycles. The van der Waals surface area contributed by atoms with E-state index < -0.39 is 28.3 Å². The van der Waals surface area contributed by atoms with E-state index in [4.69, 9.17) is 0 Å². The van der Waals surface area contributed by atoms with E-state index in [1.165, 1.54) is 0 Å². The van der Waals surface area contributed by atoms with Crippen LogP contribution in [0, 0.1) is 0 Å². The second-order valence-electron chi connectivity index (χ2n) is 4.60. The van der Waals surface area contributed by atoms with Gasteiger partial charge in [0.1, 0.15) is 0 Å². The average Bonchev–Trinajstić information content (AvgIpc) is 2.57. The van der Waals surface area contributed by atoms with E-state index in [2.05, 4.69) is 9.71 Å². The number of nitrogens with one attached hydrogen (secondary N) is 1. The Labute approximate surface area is 106 Å². The van der Waals surface area contributed by atoms with Gasteiger partial charge >= 0.3 is 0 Å². The minimum atomic E-state index is -3.45. The minimum Gasteiger partial charge on any atom is -0.390 e. The molecule has 1 saturated carbocycles. The van der Waals surface area contributed by atoms with Crippen molar-refractivity contribution in [2.24, 2.45) is 0 Å². The van der Waals surface area contributed by atoms with E-state index in [0.29, 0.717) is 6.42 Å². The number of aromatic nitrogens is 1. The largest absolute Gasteiger partial charge is 0.390 e. The van der Waals surface area contributed by atoms with Gasteiger partial charge in [0.15, 0.2) is 0 Å². The van der Waals surface area contributed by atoms with Crippen LogP contribution in [-0.4, -0.2) is 48.1 Å². The number of hydrogen-bond donors (Lipinski definition) is 3. The zero-order valence-electron chi connectivity index (χ0n) is 9.89. The van der Waals surface area contributed by atoms with Gasteiger partial charge in [0.05, 0.1) is 24.5 Å². The van der Waals surface area contributed by atoms with Crippen molar-refractivity contribution in [1.29, 1.82) is 0 Å². The fourth-order valence-electron chi connectivity index (χ4n) is 2.36. The van der Waals surface area contributed by atoms with Gasteiger partial charge in [0.25, 0.3) is 0 Å². The maximum atomic E-state index is 11.3. The van der Waals surface area contributed by atoms with Crippen LogP contribution in [0.3, 0.4) is 0 Å². The molecule has 1 aromatic rings. The van der Waals surface area contributed by atoms with Gasteiger partial charge in [-0.2, -0.15) is 0 Å². The molecule has 0 saturated heterocycles. The highest BCUT2D eigenvalue weighted by molar-refractivity contribution is 7.88. The van der Waals surface area contributed by atoms with E-state index in [1.807, 2.05) is 0 Å². The monoisotopic (exact) mass is 272 g/mol. The third-order valence-electron chi connectivity index (χ3n) is 3.15. The molecular formula is C11H16N2O4S. The van der Waals surface area contributed by atoms with Crippen molar-refractivity contribution in [3.63, 3.8) is 0 Å². The van der Waals surface area contributed by atoms with Crippen molar-refractivity contribution in [2.75, 3.05) is 6.26 Å². The summed E-state index contributed by atoms with van der Waals surface area (Å²) in [6, 6.07) is 2.82. The van der Waals surface area contributed by atoms with Gasteiger partial charge in [0, 0.05) is 18.3 Å². The number of pyridine rings is 1. The fraction of sp³-hybridized carbons (Fsp3) is 0.545. The van der Waals surface area contributed by atoms with Gasteiger partial charge in [0.2, 0.25) is 10.0 Å². The molecule has 0 aliphatic heterocycles. The van der Waals surface area contributed by atoms with E-state index in [9.17, 15) is 18.6 Å². The van der Waals surface area contributed by atoms with Crippen LogP contribution >= 0.6 is 0 Å². The summed E-state index contributed by atoms with van der Waals surface area (Å²) < 4.78 is 25.0. The van der Waals surface area contributed by atoms with Crippen molar-refractivity contribution in [1.82, 2.24) is 9.71 Å². The summed E-state index contributed by atoms with van der Waals surface area (Å²) in [5.74, 6) is -0.279. The first-order valence-electron chi connectivity index (χ1n) is 5.62. The molecule has 1 aliphatic carbocycles. The van der Waals surface area contributed by atoms with Gasteiger partial charge in [-0.05, 0) is 18.1 Å². The number of sulfonamides is 1. The van der Waals surface area contributed by atoms with Gasteiger partial charge in [-0.3, -0.25) is 4.98 Å². The third-order valence-corrected chi connectivity index (χ3v) is 3.85. The lowest BCUT2D eigenvalue weighted by Crippen LogP contribution is -2.44. The van der Waals surface area contributed by atoms with E-state index in [1.54, 1.807) is 24.5 Å². The number of rotatable bonds is 3. The zero-order chi connectivity index (χ0) is 13.3. The third kappa shape index (κ3) is 2.86. The number of aliphatic hydroxyl groups excluding tert-OH is 2. The summed E-state index contributed by atoms with van der Waals surface area (Å²) in [6.07, 6.45) is 2.53. The van der Waals surface area contributed by atoms with E-state index >= 15 is 0 Å². The maximum absolute atomic E-state index is 11.3. The highest BCUT2D eigenvalue weighted by Gasteiger charge is 2.43. The van der Waals surface area contributed by atoms with E-state index in [-0.39, 0.29) is 5.92 Å². The normalized spacial score (nSPS) is 32.6. The first kappa shape index (κ1) is 13.4. The molecule has 1 aliphatic rings. The van der Waals surface area contributed by atoms with Crippen LogP contribution in [0.5, 0.6) is 0 Å². The molecule has 2 rings (SSSR count). The molecule has 18 heavy (non-hydrogen) atoms. The molecule has 7 heteroatoms. The molecule has 100 valence electrons. The van der Waals surface area contributed by atoms with Crippen LogP contribution in [0.1, 0.15) is 17.9 Å². The second-order valence-corrected chi connectivity index (χ2v) is 6.38. The smallest absolute Gasteiger partial charge is 0.209 e. The molecule has 0 bridgehead atoms. The van der Waals surface area contributed by atoms with Crippen molar-refractivity contribution in [3.05, 3.63) is 30.1 Å². The Hall–Kier alpha value is -1.02. The summed E-state index contributed by atoms with van der Waals surface area (Å²) in [7, 11) is -3.45. The van der Waals surface area contributed by atoms with Crippen LogP contribution < -0.4 is 4.72 Å². The van der Waals surface area contributed by atoms with Crippen LogP contribution in [0.2, 0.25) is 0 Å². The molecule has 4 atom stereocenters. The predicted octanol–water partition coefficient (Wildman–Crippen LogP) is -0.791. The number of aliphatic hydroxyl groups is 2. The second kappa shape index (κ2) is 4.93. The Balaban J connectivity index is 2.28. The molecule has 0 spiro atoms. The molecular weight excluding hydrogens is 256 g/mol. The number of hydrogen-bond acceptors (Lipinski definition) is 5. The molecule has 0 amide bonds. The SMILES string of the molecule is CS(=O)(=O)N[C@H]1[C@H](O)[C@H](O)C[C@@H]1c1cccnc1. The van der Waals surface area contributed by atoms with Crippen LogP contribution in [0.15, 0.2) is 24.5 Å². The summed E-state index contributed by atoms with van der Waals surface area (Å²) in [6.45, 7) is 0. The standard InChI is InChI=1S/C11H16N2O4S/c1-18(16,17)13-10-8(5-9(14)11(10)15)7-3-2-4-12-6-7/h2-4,6,8-11,13-15H,5H2,1H3/t8-,9-,10-,11-/m1/s1. The van der Waals surface area contributed by atoms with Crippen LogP contribution in [-0.2, 0) is 10.0 Å². The highest BCUT2D eigenvalue weighted by atomic mass is 32.2.